The van der Waals surface area contributed by atoms with Crippen LogP contribution in [0.3, 0.4) is 0 Å². The second-order valence-electron chi connectivity index (χ2n) is 3.41. The van der Waals surface area contributed by atoms with Gasteiger partial charge in [0.15, 0.2) is 0 Å². The molecule has 0 aromatic carbocycles. The fourth-order valence-corrected chi connectivity index (χ4v) is 1.84. The number of hydrogen-bond donors (Lipinski definition) is 1. The third kappa shape index (κ3) is 3.04. The Morgan fingerprint density at radius 1 is 1.45 bits per heavy atom. The Bertz CT molecular complexity index is 102. The van der Waals surface area contributed by atoms with Crippen LogP contribution in [0.4, 0.5) is 0 Å². The molecule has 0 bridgehead atoms. The van der Waals surface area contributed by atoms with Crippen LogP contribution in [-0.2, 0) is 0 Å². The summed E-state index contributed by atoms with van der Waals surface area (Å²) in [7, 11) is 0. The van der Waals surface area contributed by atoms with Crippen LogP contribution < -0.4 is 0 Å². The Labute approximate surface area is 75.6 Å². The van der Waals surface area contributed by atoms with Crippen LogP contribution in [-0.4, -0.2) is 30.3 Å². The molecule has 0 saturated heterocycles. The first-order chi connectivity index (χ1) is 5.36. The Morgan fingerprint density at radius 2 is 2.18 bits per heavy atom. The molecule has 2 heteroatoms. The van der Waals surface area contributed by atoms with Crippen molar-refractivity contribution in [2.24, 2.45) is 5.92 Å². The summed E-state index contributed by atoms with van der Waals surface area (Å²) >= 11 is 4.24. The Balaban J connectivity index is 2.08. The highest BCUT2D eigenvalue weighted by Crippen LogP contribution is 2.26. The molecular weight excluding hydrogens is 154 g/mol. The van der Waals surface area contributed by atoms with Gasteiger partial charge in [0.05, 0.1) is 0 Å². The molecule has 0 amide bonds. The lowest BCUT2D eigenvalue weighted by molar-refractivity contribution is 0.192. The summed E-state index contributed by atoms with van der Waals surface area (Å²) < 4.78 is 0. The van der Waals surface area contributed by atoms with Crippen molar-refractivity contribution in [1.29, 1.82) is 0 Å². The standard InChI is InChI=1S/C9H19NS/c1-2-10(6-7-11)8-9-4-3-5-9/h9,11H,2-8H2,1H3. The van der Waals surface area contributed by atoms with Gasteiger partial charge in [-0.25, -0.2) is 0 Å². The average Bonchev–Trinajstić information content (AvgIpc) is 1.94. The normalized spacial score (nSPS) is 18.8. The Morgan fingerprint density at radius 3 is 2.55 bits per heavy atom. The highest BCUT2D eigenvalue weighted by atomic mass is 32.1. The van der Waals surface area contributed by atoms with E-state index in [4.69, 9.17) is 0 Å². The van der Waals surface area contributed by atoms with E-state index in [1.165, 1.54) is 32.4 Å². The van der Waals surface area contributed by atoms with Gasteiger partial charge in [-0.1, -0.05) is 13.3 Å². The molecule has 0 heterocycles. The lowest BCUT2D eigenvalue weighted by Crippen LogP contribution is -2.33. The number of thiol groups is 1. The largest absolute Gasteiger partial charge is 0.303 e. The van der Waals surface area contributed by atoms with Gasteiger partial charge < -0.3 is 4.90 Å². The van der Waals surface area contributed by atoms with Crippen molar-refractivity contribution in [3.63, 3.8) is 0 Å². The molecular formula is C9H19NS. The zero-order valence-electron chi connectivity index (χ0n) is 7.42. The lowest BCUT2D eigenvalue weighted by Gasteiger charge is -2.31. The van der Waals surface area contributed by atoms with Gasteiger partial charge in [0.25, 0.3) is 0 Å². The quantitative estimate of drug-likeness (QED) is 0.623. The van der Waals surface area contributed by atoms with E-state index in [0.29, 0.717) is 0 Å². The Kier molecular flexibility index (Phi) is 4.31. The first-order valence-corrected chi connectivity index (χ1v) is 5.33. The Hall–Kier alpha value is 0.310. The minimum absolute atomic E-state index is 1.00. The van der Waals surface area contributed by atoms with Crippen molar-refractivity contribution in [3.8, 4) is 0 Å². The lowest BCUT2D eigenvalue weighted by atomic mass is 9.85. The molecule has 0 N–H and O–H groups in total. The van der Waals surface area contributed by atoms with E-state index in [1.54, 1.807) is 0 Å². The summed E-state index contributed by atoms with van der Waals surface area (Å²) in [5.74, 6) is 2.01. The third-order valence-corrected chi connectivity index (χ3v) is 2.80. The maximum atomic E-state index is 4.24. The summed E-state index contributed by atoms with van der Waals surface area (Å²) in [6.45, 7) is 5.91. The van der Waals surface area contributed by atoms with Crippen molar-refractivity contribution in [2.75, 3.05) is 25.4 Å². The third-order valence-electron chi connectivity index (χ3n) is 2.60. The van der Waals surface area contributed by atoms with Crippen molar-refractivity contribution in [1.82, 2.24) is 4.90 Å². The molecule has 66 valence electrons. The minimum Gasteiger partial charge on any atom is -0.303 e. The number of rotatable bonds is 5. The van der Waals surface area contributed by atoms with E-state index in [-0.39, 0.29) is 0 Å². The summed E-state index contributed by atoms with van der Waals surface area (Å²) in [5.41, 5.74) is 0. The summed E-state index contributed by atoms with van der Waals surface area (Å²) in [6, 6.07) is 0. The van der Waals surface area contributed by atoms with Gasteiger partial charge >= 0.3 is 0 Å². The molecule has 1 rings (SSSR count). The van der Waals surface area contributed by atoms with Gasteiger partial charge in [0.1, 0.15) is 0 Å². The second-order valence-corrected chi connectivity index (χ2v) is 3.86. The first-order valence-electron chi connectivity index (χ1n) is 4.70. The van der Waals surface area contributed by atoms with Crippen LogP contribution in [0.15, 0.2) is 0 Å². The van der Waals surface area contributed by atoms with Gasteiger partial charge in [0, 0.05) is 18.8 Å². The molecule has 0 aromatic rings. The van der Waals surface area contributed by atoms with Crippen LogP contribution in [0.1, 0.15) is 26.2 Å². The number of hydrogen-bond acceptors (Lipinski definition) is 2. The molecule has 0 spiro atoms. The van der Waals surface area contributed by atoms with Gasteiger partial charge in [0.2, 0.25) is 0 Å². The van der Waals surface area contributed by atoms with Gasteiger partial charge in [-0.3, -0.25) is 0 Å². The van der Waals surface area contributed by atoms with Crippen molar-refractivity contribution < 1.29 is 0 Å². The molecule has 11 heavy (non-hydrogen) atoms. The van der Waals surface area contributed by atoms with Gasteiger partial charge in [-0.15, -0.1) is 0 Å². The summed E-state index contributed by atoms with van der Waals surface area (Å²) in [5, 5.41) is 0. The molecule has 0 aromatic heterocycles. The maximum absolute atomic E-state index is 4.24. The highest BCUT2D eigenvalue weighted by Gasteiger charge is 2.19. The zero-order valence-corrected chi connectivity index (χ0v) is 8.32. The van der Waals surface area contributed by atoms with E-state index in [1.807, 2.05) is 0 Å². The summed E-state index contributed by atoms with van der Waals surface area (Å²) in [4.78, 5) is 2.51. The number of nitrogens with zero attached hydrogens (tertiary/aromatic N) is 1. The van der Waals surface area contributed by atoms with Crippen LogP contribution in [0.25, 0.3) is 0 Å². The second kappa shape index (κ2) is 5.04. The van der Waals surface area contributed by atoms with Crippen LogP contribution >= 0.6 is 12.6 Å². The molecule has 0 atom stereocenters. The molecule has 0 unspecified atom stereocenters. The fraction of sp³-hybridized carbons (Fsp3) is 1.00. The predicted octanol–water partition coefficient (Wildman–Crippen LogP) is 2.04. The van der Waals surface area contributed by atoms with Crippen LogP contribution in [0, 0.1) is 5.92 Å². The molecule has 1 fully saturated rings. The minimum atomic E-state index is 1.00. The van der Waals surface area contributed by atoms with Crippen LogP contribution in [0.2, 0.25) is 0 Å². The van der Waals surface area contributed by atoms with E-state index in [9.17, 15) is 0 Å². The van der Waals surface area contributed by atoms with E-state index < -0.39 is 0 Å². The predicted molar refractivity (Wildman–Crippen MR) is 53.3 cm³/mol. The topological polar surface area (TPSA) is 3.24 Å². The molecule has 1 nitrogen and oxygen atoms in total. The van der Waals surface area contributed by atoms with Crippen molar-refractivity contribution in [3.05, 3.63) is 0 Å². The maximum Gasteiger partial charge on any atom is 0.00698 e. The van der Waals surface area contributed by atoms with E-state index in [0.717, 1.165) is 18.2 Å². The zero-order chi connectivity index (χ0) is 8.10. The van der Waals surface area contributed by atoms with E-state index >= 15 is 0 Å². The van der Waals surface area contributed by atoms with Gasteiger partial charge in [-0.05, 0) is 25.3 Å². The van der Waals surface area contributed by atoms with E-state index in [2.05, 4.69) is 24.5 Å². The SMILES string of the molecule is CCN(CCS)CC1CCC1. The van der Waals surface area contributed by atoms with Crippen molar-refractivity contribution >= 4 is 12.6 Å². The summed E-state index contributed by atoms with van der Waals surface area (Å²) in [6.07, 6.45) is 4.38. The fourth-order valence-electron chi connectivity index (χ4n) is 1.56. The van der Waals surface area contributed by atoms with Gasteiger partial charge in [-0.2, -0.15) is 12.6 Å². The highest BCUT2D eigenvalue weighted by molar-refractivity contribution is 7.80. The molecule has 0 aliphatic heterocycles. The molecule has 1 aliphatic carbocycles. The monoisotopic (exact) mass is 173 g/mol. The smallest absolute Gasteiger partial charge is 0.00698 e. The molecule has 1 aliphatic rings. The average molecular weight is 173 g/mol. The van der Waals surface area contributed by atoms with Crippen molar-refractivity contribution in [2.45, 2.75) is 26.2 Å². The first kappa shape index (κ1) is 9.40. The molecule has 0 radical (unpaired) electrons. The van der Waals surface area contributed by atoms with Crippen LogP contribution in [0.5, 0.6) is 0 Å². The molecule has 1 saturated carbocycles.